The average molecular weight is 234 g/mol. The summed E-state index contributed by atoms with van der Waals surface area (Å²) in [7, 11) is 3.22. The molecule has 3 heteroatoms. The van der Waals surface area contributed by atoms with Gasteiger partial charge in [0.25, 0.3) is 0 Å². The van der Waals surface area contributed by atoms with E-state index in [1.54, 1.807) is 20.3 Å². The second kappa shape index (κ2) is 6.76. The highest BCUT2D eigenvalue weighted by atomic mass is 16.5. The smallest absolute Gasteiger partial charge is 0.164 e. The Morgan fingerprint density at radius 3 is 2.59 bits per heavy atom. The third kappa shape index (κ3) is 3.36. The summed E-state index contributed by atoms with van der Waals surface area (Å²) in [5.41, 5.74) is 1.98. The van der Waals surface area contributed by atoms with Crippen molar-refractivity contribution in [1.82, 2.24) is 0 Å². The zero-order valence-electron chi connectivity index (χ0n) is 10.3. The highest BCUT2D eigenvalue weighted by Gasteiger charge is 2.10. The van der Waals surface area contributed by atoms with Gasteiger partial charge in [-0.15, -0.1) is 6.58 Å². The lowest BCUT2D eigenvalue weighted by Crippen LogP contribution is -1.96. The molecule has 0 aliphatic carbocycles. The lowest BCUT2D eigenvalue weighted by Gasteiger charge is -2.13. The topological polar surface area (TPSA) is 38.7 Å². The number of hydrogen-bond acceptors (Lipinski definition) is 3. The molecular formula is C14H18O3. The maximum Gasteiger partial charge on any atom is 0.164 e. The van der Waals surface area contributed by atoms with Crippen LogP contribution < -0.4 is 9.47 Å². The van der Waals surface area contributed by atoms with Crippen LogP contribution in [-0.2, 0) is 6.42 Å². The van der Waals surface area contributed by atoms with E-state index in [1.807, 2.05) is 24.3 Å². The van der Waals surface area contributed by atoms with E-state index < -0.39 is 0 Å². The van der Waals surface area contributed by atoms with Gasteiger partial charge in [0.05, 0.1) is 20.8 Å². The van der Waals surface area contributed by atoms with Crippen LogP contribution in [0.3, 0.4) is 0 Å². The van der Waals surface area contributed by atoms with Crippen molar-refractivity contribution in [2.45, 2.75) is 6.42 Å². The summed E-state index contributed by atoms with van der Waals surface area (Å²) >= 11 is 0. The minimum absolute atomic E-state index is 0.0190. The molecule has 1 rings (SSSR count). The van der Waals surface area contributed by atoms with Gasteiger partial charge >= 0.3 is 0 Å². The first-order chi connectivity index (χ1) is 8.26. The van der Waals surface area contributed by atoms with Crippen molar-refractivity contribution in [2.24, 2.45) is 0 Å². The van der Waals surface area contributed by atoms with E-state index in [4.69, 9.17) is 14.6 Å². The standard InChI is InChI=1S/C14H18O3/c1-4-6-12-9-11(7-5-8-15)10-13(16-2)14(12)17-3/h4-5,7,9-10,15H,1,6,8H2,2-3H3. The van der Waals surface area contributed by atoms with Crippen LogP contribution >= 0.6 is 0 Å². The van der Waals surface area contributed by atoms with Crippen molar-refractivity contribution in [3.05, 3.63) is 42.0 Å². The number of aliphatic hydroxyl groups is 1. The Hall–Kier alpha value is -1.74. The Kier molecular flexibility index (Phi) is 5.30. The molecule has 92 valence electrons. The van der Waals surface area contributed by atoms with Gasteiger partial charge in [-0.1, -0.05) is 18.2 Å². The van der Waals surface area contributed by atoms with Crippen LogP contribution in [-0.4, -0.2) is 25.9 Å². The second-order valence-corrected chi connectivity index (χ2v) is 3.49. The van der Waals surface area contributed by atoms with Gasteiger partial charge in [0, 0.05) is 5.56 Å². The molecule has 0 saturated heterocycles. The third-order valence-electron chi connectivity index (χ3n) is 2.36. The van der Waals surface area contributed by atoms with Gasteiger partial charge in [0.1, 0.15) is 0 Å². The quantitative estimate of drug-likeness (QED) is 0.768. The number of methoxy groups -OCH3 is 2. The Morgan fingerprint density at radius 1 is 1.29 bits per heavy atom. The number of allylic oxidation sites excluding steroid dienone is 1. The van der Waals surface area contributed by atoms with Crippen molar-refractivity contribution in [3.8, 4) is 11.5 Å². The van der Waals surface area contributed by atoms with Crippen molar-refractivity contribution < 1.29 is 14.6 Å². The molecule has 0 atom stereocenters. The molecule has 0 aliphatic heterocycles. The number of aliphatic hydroxyl groups excluding tert-OH is 1. The minimum atomic E-state index is 0.0190. The predicted molar refractivity (Wildman–Crippen MR) is 69.6 cm³/mol. The van der Waals surface area contributed by atoms with Gasteiger partial charge in [-0.05, 0) is 24.1 Å². The number of benzene rings is 1. The molecule has 1 aromatic carbocycles. The zero-order valence-corrected chi connectivity index (χ0v) is 10.3. The average Bonchev–Trinajstić information content (AvgIpc) is 2.36. The van der Waals surface area contributed by atoms with E-state index >= 15 is 0 Å². The van der Waals surface area contributed by atoms with Crippen LogP contribution in [0.1, 0.15) is 11.1 Å². The summed E-state index contributed by atoms with van der Waals surface area (Å²) in [4.78, 5) is 0. The van der Waals surface area contributed by atoms with Gasteiger partial charge in [-0.2, -0.15) is 0 Å². The first-order valence-corrected chi connectivity index (χ1v) is 5.40. The summed E-state index contributed by atoms with van der Waals surface area (Å²) in [6.45, 7) is 3.74. The van der Waals surface area contributed by atoms with Gasteiger partial charge < -0.3 is 14.6 Å². The Labute approximate surface area is 102 Å². The molecular weight excluding hydrogens is 216 g/mol. The largest absolute Gasteiger partial charge is 0.493 e. The maximum atomic E-state index is 8.77. The van der Waals surface area contributed by atoms with Gasteiger partial charge in [-0.25, -0.2) is 0 Å². The van der Waals surface area contributed by atoms with Crippen molar-refractivity contribution in [3.63, 3.8) is 0 Å². The molecule has 3 nitrogen and oxygen atoms in total. The predicted octanol–water partition coefficient (Wildman–Crippen LogP) is 2.44. The van der Waals surface area contributed by atoms with Crippen LogP contribution in [0.2, 0.25) is 0 Å². The Balaban J connectivity index is 3.23. The fraction of sp³-hybridized carbons (Fsp3) is 0.286. The molecule has 1 N–H and O–H groups in total. The number of hydrogen-bond donors (Lipinski definition) is 1. The molecule has 0 fully saturated rings. The van der Waals surface area contributed by atoms with Crippen LogP contribution in [0.15, 0.2) is 30.9 Å². The summed E-state index contributed by atoms with van der Waals surface area (Å²) < 4.78 is 10.6. The second-order valence-electron chi connectivity index (χ2n) is 3.49. The van der Waals surface area contributed by atoms with E-state index in [-0.39, 0.29) is 6.61 Å². The molecule has 0 saturated carbocycles. The molecule has 0 amide bonds. The van der Waals surface area contributed by atoms with E-state index in [0.29, 0.717) is 12.2 Å². The van der Waals surface area contributed by atoms with Crippen LogP contribution in [0.25, 0.3) is 6.08 Å². The molecule has 1 aromatic rings. The summed E-state index contributed by atoms with van der Waals surface area (Å²) in [6.07, 6.45) is 6.05. The molecule has 0 aliphatic rings. The molecule has 17 heavy (non-hydrogen) atoms. The fourth-order valence-corrected chi connectivity index (χ4v) is 1.66. The third-order valence-corrected chi connectivity index (χ3v) is 2.36. The maximum absolute atomic E-state index is 8.77. The molecule has 0 aromatic heterocycles. The zero-order chi connectivity index (χ0) is 12.7. The molecule has 0 spiro atoms. The monoisotopic (exact) mass is 234 g/mol. The number of rotatable bonds is 6. The summed E-state index contributed by atoms with van der Waals surface area (Å²) in [5, 5.41) is 8.77. The van der Waals surface area contributed by atoms with Gasteiger partial charge in [0.15, 0.2) is 11.5 Å². The number of ether oxygens (including phenoxy) is 2. The lowest BCUT2D eigenvalue weighted by atomic mass is 10.1. The normalized spacial score (nSPS) is 10.5. The molecule has 0 heterocycles. The van der Waals surface area contributed by atoms with Crippen LogP contribution in [0, 0.1) is 0 Å². The van der Waals surface area contributed by atoms with Gasteiger partial charge in [-0.3, -0.25) is 0 Å². The SMILES string of the molecule is C=CCc1cc(C=CCO)cc(OC)c1OC. The Bertz CT molecular complexity index is 408. The highest BCUT2D eigenvalue weighted by Crippen LogP contribution is 2.33. The van der Waals surface area contributed by atoms with E-state index in [9.17, 15) is 0 Å². The molecule has 0 unspecified atom stereocenters. The summed E-state index contributed by atoms with van der Waals surface area (Å²) in [6, 6.07) is 3.87. The van der Waals surface area contributed by atoms with E-state index in [1.165, 1.54) is 0 Å². The van der Waals surface area contributed by atoms with Crippen LogP contribution in [0.4, 0.5) is 0 Å². The Morgan fingerprint density at radius 2 is 2.06 bits per heavy atom. The van der Waals surface area contributed by atoms with E-state index in [0.717, 1.165) is 16.9 Å². The summed E-state index contributed by atoms with van der Waals surface area (Å²) in [5.74, 6) is 1.41. The molecule has 0 bridgehead atoms. The molecule has 0 radical (unpaired) electrons. The van der Waals surface area contributed by atoms with Gasteiger partial charge in [0.2, 0.25) is 0 Å². The highest BCUT2D eigenvalue weighted by molar-refractivity contribution is 5.59. The first kappa shape index (κ1) is 13.3. The lowest BCUT2D eigenvalue weighted by molar-refractivity contribution is 0.343. The van der Waals surface area contributed by atoms with Crippen molar-refractivity contribution >= 4 is 6.08 Å². The van der Waals surface area contributed by atoms with Crippen LogP contribution in [0.5, 0.6) is 11.5 Å². The minimum Gasteiger partial charge on any atom is -0.493 e. The van der Waals surface area contributed by atoms with Crippen molar-refractivity contribution in [1.29, 1.82) is 0 Å². The fourth-order valence-electron chi connectivity index (χ4n) is 1.66. The van der Waals surface area contributed by atoms with Crippen molar-refractivity contribution in [2.75, 3.05) is 20.8 Å². The van der Waals surface area contributed by atoms with E-state index in [2.05, 4.69) is 6.58 Å². The first-order valence-electron chi connectivity index (χ1n) is 5.40.